The second kappa shape index (κ2) is 12.6. The van der Waals surface area contributed by atoms with Gasteiger partial charge in [0.05, 0.1) is 47.4 Å². The van der Waals surface area contributed by atoms with Gasteiger partial charge in [0.15, 0.2) is 0 Å². The number of nitriles is 1. The van der Waals surface area contributed by atoms with E-state index in [1.54, 1.807) is 12.1 Å². The van der Waals surface area contributed by atoms with Gasteiger partial charge in [0, 0.05) is 50.0 Å². The van der Waals surface area contributed by atoms with E-state index in [-0.39, 0.29) is 29.9 Å². The lowest BCUT2D eigenvalue weighted by Gasteiger charge is -2.41. The van der Waals surface area contributed by atoms with Crippen molar-refractivity contribution in [1.82, 2.24) is 19.4 Å². The molecule has 0 aliphatic carbocycles. The Balaban J connectivity index is 1.17. The highest BCUT2D eigenvalue weighted by atomic mass is 19.1. The van der Waals surface area contributed by atoms with Crippen LogP contribution in [0.3, 0.4) is 0 Å². The van der Waals surface area contributed by atoms with E-state index in [9.17, 15) is 18.7 Å². The van der Waals surface area contributed by atoms with Crippen LogP contribution in [-0.4, -0.2) is 68.9 Å². The van der Waals surface area contributed by atoms with Gasteiger partial charge in [-0.15, -0.1) is 0 Å². The van der Waals surface area contributed by atoms with E-state index in [0.717, 1.165) is 31.0 Å². The Morgan fingerprint density at radius 2 is 2.00 bits per heavy atom. The molecule has 2 aromatic carbocycles. The smallest absolute Gasteiger partial charge is 0.338 e. The third-order valence-electron chi connectivity index (χ3n) is 8.34. The van der Waals surface area contributed by atoms with Crippen LogP contribution in [0.15, 0.2) is 48.5 Å². The zero-order chi connectivity index (χ0) is 30.8. The van der Waals surface area contributed by atoms with Gasteiger partial charge in [0.25, 0.3) is 0 Å². The van der Waals surface area contributed by atoms with E-state index in [1.165, 1.54) is 24.3 Å². The van der Waals surface area contributed by atoms with Crippen LogP contribution in [0.1, 0.15) is 47.1 Å². The highest BCUT2D eigenvalue weighted by Gasteiger charge is 2.30. The summed E-state index contributed by atoms with van der Waals surface area (Å²) in [4.78, 5) is 25.6. The fourth-order valence-electron chi connectivity index (χ4n) is 5.74. The minimum atomic E-state index is -1.31. The van der Waals surface area contributed by atoms with Crippen LogP contribution < -0.4 is 9.64 Å². The Morgan fingerprint density at radius 1 is 1.16 bits per heavy atom. The van der Waals surface area contributed by atoms with Crippen molar-refractivity contribution in [3.05, 3.63) is 82.7 Å². The first-order chi connectivity index (χ1) is 21.3. The topological polar surface area (TPSA) is 117 Å². The molecule has 0 saturated carbocycles. The molecule has 2 atom stereocenters. The fraction of sp³-hybridized carbons (Fsp3) is 0.375. The van der Waals surface area contributed by atoms with Crippen LogP contribution in [0, 0.1) is 23.0 Å². The normalized spacial score (nSPS) is 18.6. The number of aromatic carboxylic acids is 1. The first-order valence-electron chi connectivity index (χ1n) is 14.6. The second-order valence-corrected chi connectivity index (χ2v) is 11.1. The van der Waals surface area contributed by atoms with Gasteiger partial charge in [-0.05, 0) is 37.1 Å². The summed E-state index contributed by atoms with van der Waals surface area (Å²) in [6, 6.07) is 14.4. The van der Waals surface area contributed by atoms with Gasteiger partial charge in [-0.1, -0.05) is 19.1 Å². The maximum Gasteiger partial charge on any atom is 0.338 e. The van der Waals surface area contributed by atoms with Gasteiger partial charge in [0.1, 0.15) is 29.9 Å². The van der Waals surface area contributed by atoms with Gasteiger partial charge < -0.3 is 24.0 Å². The molecule has 0 bridgehead atoms. The molecule has 12 heteroatoms. The number of rotatable bonds is 10. The quantitative estimate of drug-likeness (QED) is 0.275. The van der Waals surface area contributed by atoms with E-state index < -0.39 is 17.6 Å². The number of carboxylic acid groups (broad SMARTS) is 1. The summed E-state index contributed by atoms with van der Waals surface area (Å²) in [6.45, 7) is 5.97. The summed E-state index contributed by atoms with van der Waals surface area (Å²) in [6.07, 6.45) is 1.78. The predicted molar refractivity (Wildman–Crippen MR) is 157 cm³/mol. The molecule has 228 valence electrons. The largest absolute Gasteiger partial charge is 0.478 e. The Morgan fingerprint density at radius 3 is 2.70 bits per heavy atom. The number of pyridine rings is 1. The summed E-state index contributed by atoms with van der Waals surface area (Å²) in [5, 5.41) is 18.4. The molecule has 2 unspecified atom stereocenters. The van der Waals surface area contributed by atoms with Gasteiger partial charge in [0.2, 0.25) is 5.88 Å². The Kier molecular flexibility index (Phi) is 8.41. The lowest BCUT2D eigenvalue weighted by atomic mass is 10.1. The lowest BCUT2D eigenvalue weighted by molar-refractivity contribution is -0.0592. The third-order valence-corrected chi connectivity index (χ3v) is 8.34. The van der Waals surface area contributed by atoms with Gasteiger partial charge in [-0.2, -0.15) is 10.2 Å². The number of nitrogens with zero attached hydrogens (tertiary/aromatic N) is 6. The predicted octanol–water partition coefficient (Wildman–Crippen LogP) is 4.75. The van der Waals surface area contributed by atoms with Gasteiger partial charge in [-0.25, -0.2) is 18.6 Å². The maximum atomic E-state index is 14.5. The van der Waals surface area contributed by atoms with Crippen LogP contribution in [0.2, 0.25) is 0 Å². The molecule has 2 saturated heterocycles. The second-order valence-electron chi connectivity index (χ2n) is 11.1. The van der Waals surface area contributed by atoms with Crippen molar-refractivity contribution in [2.45, 2.75) is 51.6 Å². The number of anilines is 1. The number of aromatic nitrogens is 3. The first kappa shape index (κ1) is 29.5. The van der Waals surface area contributed by atoms with Gasteiger partial charge >= 0.3 is 5.97 Å². The molecular formula is C32H32F2N6O4. The standard InChI is InChI=1S/C32H32F2N6O4/c1-2-22-16-39(29-4-3-5-31(37-29)44-19-21-7-6-20(15-35)12-25(21)33)10-9-38(22)18-30-36-27-14-26(34)24(32(41)42)13-28(27)40(30)17-23-8-11-43-23/h3-7,12-14,22-23H,2,8-11,16-19H2,1H3,(H,41,42). The average Bonchev–Trinajstić information content (AvgIpc) is 3.33. The number of piperazine rings is 1. The molecule has 2 fully saturated rings. The summed E-state index contributed by atoms with van der Waals surface area (Å²) < 4.78 is 42.3. The Labute approximate surface area is 253 Å². The molecule has 2 aromatic heterocycles. The van der Waals surface area contributed by atoms with E-state index in [0.29, 0.717) is 55.3 Å². The number of halogens is 2. The minimum absolute atomic E-state index is 0.00981. The molecule has 4 aromatic rings. The molecule has 0 radical (unpaired) electrons. The van der Waals surface area contributed by atoms with Crippen molar-refractivity contribution in [3.63, 3.8) is 0 Å². The third kappa shape index (κ3) is 6.06. The lowest BCUT2D eigenvalue weighted by Crippen LogP contribution is -2.53. The number of hydrogen-bond donors (Lipinski definition) is 1. The van der Waals surface area contributed by atoms with Crippen molar-refractivity contribution >= 4 is 22.8 Å². The molecule has 2 aliphatic rings. The van der Waals surface area contributed by atoms with Crippen LogP contribution >= 0.6 is 0 Å². The SMILES string of the molecule is CCC1CN(c2cccc(OCc3ccc(C#N)cc3F)n2)CCN1Cc1nc2cc(F)c(C(=O)O)cc2n1CC1CCO1. The number of carboxylic acids is 1. The Hall–Kier alpha value is -4.60. The highest BCUT2D eigenvalue weighted by Crippen LogP contribution is 2.27. The Bertz CT molecular complexity index is 1730. The maximum absolute atomic E-state index is 14.5. The first-order valence-corrected chi connectivity index (χ1v) is 14.6. The minimum Gasteiger partial charge on any atom is -0.478 e. The molecule has 0 spiro atoms. The summed E-state index contributed by atoms with van der Waals surface area (Å²) in [7, 11) is 0. The summed E-state index contributed by atoms with van der Waals surface area (Å²) in [5.74, 6) is -0.739. The van der Waals surface area contributed by atoms with Crippen molar-refractivity contribution in [3.8, 4) is 11.9 Å². The molecular weight excluding hydrogens is 570 g/mol. The zero-order valence-electron chi connectivity index (χ0n) is 24.2. The number of carbonyl (C=O) groups is 1. The molecule has 6 rings (SSSR count). The van der Waals surface area contributed by atoms with Crippen molar-refractivity contribution < 1.29 is 28.2 Å². The van der Waals surface area contributed by atoms with Crippen molar-refractivity contribution in [1.29, 1.82) is 5.26 Å². The van der Waals surface area contributed by atoms with Gasteiger partial charge in [-0.3, -0.25) is 4.90 Å². The van der Waals surface area contributed by atoms with Crippen molar-refractivity contribution in [2.24, 2.45) is 0 Å². The molecule has 1 N–H and O–H groups in total. The zero-order valence-corrected chi connectivity index (χ0v) is 24.2. The molecule has 44 heavy (non-hydrogen) atoms. The number of ether oxygens (including phenoxy) is 2. The van der Waals surface area contributed by atoms with E-state index >= 15 is 0 Å². The summed E-state index contributed by atoms with van der Waals surface area (Å²) >= 11 is 0. The number of fused-ring (bicyclic) bond motifs is 1. The molecule has 0 amide bonds. The van der Waals surface area contributed by atoms with E-state index in [1.807, 2.05) is 22.8 Å². The summed E-state index contributed by atoms with van der Waals surface area (Å²) in [5.41, 5.74) is 1.23. The van der Waals surface area contributed by atoms with E-state index in [4.69, 9.17) is 19.7 Å². The number of benzene rings is 2. The van der Waals surface area contributed by atoms with Crippen molar-refractivity contribution in [2.75, 3.05) is 31.1 Å². The van der Waals surface area contributed by atoms with Crippen LogP contribution in [0.5, 0.6) is 5.88 Å². The van der Waals surface area contributed by atoms with Crippen LogP contribution in [0.25, 0.3) is 11.0 Å². The monoisotopic (exact) mass is 602 g/mol. The fourth-order valence-corrected chi connectivity index (χ4v) is 5.74. The van der Waals surface area contributed by atoms with Crippen LogP contribution in [0.4, 0.5) is 14.6 Å². The average molecular weight is 603 g/mol. The number of imidazole rings is 1. The highest BCUT2D eigenvalue weighted by molar-refractivity contribution is 5.93. The van der Waals surface area contributed by atoms with Crippen LogP contribution in [-0.2, 0) is 24.4 Å². The molecule has 2 aliphatic heterocycles. The molecule has 4 heterocycles. The van der Waals surface area contributed by atoms with E-state index in [2.05, 4.69) is 21.7 Å². The number of hydrogen-bond acceptors (Lipinski definition) is 8. The molecule has 10 nitrogen and oxygen atoms in total.